The number of anilines is 1. The lowest BCUT2D eigenvalue weighted by atomic mass is 10.2. The number of hydrogen-bond acceptors (Lipinski definition) is 4. The Bertz CT molecular complexity index is 924. The van der Waals surface area contributed by atoms with E-state index in [0.29, 0.717) is 21.3 Å². The molecule has 0 radical (unpaired) electrons. The predicted molar refractivity (Wildman–Crippen MR) is 104 cm³/mol. The first kappa shape index (κ1) is 16.7. The summed E-state index contributed by atoms with van der Waals surface area (Å²) in [5.41, 5.74) is 0.674. The molecule has 0 spiro atoms. The topological polar surface area (TPSA) is 50.4 Å². The third-order valence-corrected chi connectivity index (χ3v) is 5.20. The maximum atomic E-state index is 12.4. The van der Waals surface area contributed by atoms with Gasteiger partial charge >= 0.3 is 0 Å². The van der Waals surface area contributed by atoms with Gasteiger partial charge in [-0.25, -0.2) is 0 Å². The molecule has 2 N–H and O–H groups in total. The van der Waals surface area contributed by atoms with Crippen LogP contribution in [0.4, 0.5) is 5.69 Å². The van der Waals surface area contributed by atoms with Crippen molar-refractivity contribution in [3.05, 3.63) is 58.4 Å². The molecule has 4 nitrogen and oxygen atoms in total. The van der Waals surface area contributed by atoms with Gasteiger partial charge in [-0.3, -0.25) is 10.1 Å². The average Bonchev–Trinajstić information content (AvgIpc) is 2.93. The van der Waals surface area contributed by atoms with E-state index in [9.17, 15) is 4.79 Å². The second-order valence-electron chi connectivity index (χ2n) is 4.85. The van der Waals surface area contributed by atoms with Crippen molar-refractivity contribution in [3.8, 4) is 5.75 Å². The Balaban J connectivity index is 1.76. The van der Waals surface area contributed by atoms with Crippen LogP contribution < -0.4 is 15.4 Å². The van der Waals surface area contributed by atoms with E-state index in [1.54, 1.807) is 13.2 Å². The van der Waals surface area contributed by atoms with E-state index in [-0.39, 0.29) is 11.0 Å². The van der Waals surface area contributed by atoms with Crippen LogP contribution in [0.2, 0.25) is 5.02 Å². The van der Waals surface area contributed by atoms with Crippen molar-refractivity contribution in [2.45, 2.75) is 0 Å². The Morgan fingerprint density at radius 1 is 1.17 bits per heavy atom. The number of carbonyl (C=O) groups is 1. The number of thiocarbonyl (C=S) groups is 1. The number of rotatable bonds is 3. The smallest absolute Gasteiger partial charge is 0.269 e. The summed E-state index contributed by atoms with van der Waals surface area (Å²) in [6, 6.07) is 14.9. The molecule has 0 aliphatic heterocycles. The Labute approximate surface area is 153 Å². The molecule has 0 bridgehead atoms. The molecule has 24 heavy (non-hydrogen) atoms. The zero-order chi connectivity index (χ0) is 17.1. The van der Waals surface area contributed by atoms with Gasteiger partial charge in [-0.15, -0.1) is 11.3 Å². The van der Waals surface area contributed by atoms with Crippen LogP contribution in [0.5, 0.6) is 5.75 Å². The van der Waals surface area contributed by atoms with Crippen LogP contribution in [-0.4, -0.2) is 18.1 Å². The van der Waals surface area contributed by atoms with Gasteiger partial charge < -0.3 is 10.1 Å². The molecule has 3 rings (SSSR count). The minimum Gasteiger partial charge on any atom is -0.495 e. The molecule has 122 valence electrons. The Morgan fingerprint density at radius 2 is 1.88 bits per heavy atom. The SMILES string of the molecule is COc1ccccc1NC(=S)NC(=O)c1sc2ccccc2c1Cl. The number of ether oxygens (including phenoxy) is 1. The van der Waals surface area contributed by atoms with Crippen molar-refractivity contribution in [3.63, 3.8) is 0 Å². The van der Waals surface area contributed by atoms with Gasteiger partial charge in [-0.1, -0.05) is 41.9 Å². The molecular weight excluding hydrogens is 364 g/mol. The number of thiophene rings is 1. The monoisotopic (exact) mass is 376 g/mol. The maximum Gasteiger partial charge on any atom is 0.269 e. The van der Waals surface area contributed by atoms with E-state index < -0.39 is 0 Å². The van der Waals surface area contributed by atoms with Crippen molar-refractivity contribution in [1.29, 1.82) is 0 Å². The lowest BCUT2D eigenvalue weighted by molar-refractivity contribution is 0.0982. The molecule has 0 saturated carbocycles. The standard InChI is InChI=1S/C17H13ClN2O2S2/c1-22-12-8-4-3-7-11(12)19-17(23)20-16(21)15-14(18)10-6-2-5-9-13(10)24-15/h2-9H,1H3,(H2,19,20,21,23). The number of amides is 1. The fourth-order valence-corrected chi connectivity index (χ4v) is 3.84. The highest BCUT2D eigenvalue weighted by Gasteiger charge is 2.18. The van der Waals surface area contributed by atoms with Gasteiger partial charge in [-0.2, -0.15) is 0 Å². The highest BCUT2D eigenvalue weighted by molar-refractivity contribution is 7.80. The molecular formula is C17H13ClN2O2S2. The molecule has 0 fully saturated rings. The first-order chi connectivity index (χ1) is 11.6. The van der Waals surface area contributed by atoms with E-state index in [1.165, 1.54) is 11.3 Å². The summed E-state index contributed by atoms with van der Waals surface area (Å²) in [6.07, 6.45) is 0. The first-order valence-electron chi connectivity index (χ1n) is 7.02. The largest absolute Gasteiger partial charge is 0.495 e. The van der Waals surface area contributed by atoms with E-state index in [0.717, 1.165) is 10.1 Å². The third-order valence-electron chi connectivity index (χ3n) is 3.32. The minimum absolute atomic E-state index is 0.179. The summed E-state index contributed by atoms with van der Waals surface area (Å²) in [6.45, 7) is 0. The van der Waals surface area contributed by atoms with Crippen LogP contribution in [0.15, 0.2) is 48.5 Å². The summed E-state index contributed by atoms with van der Waals surface area (Å²) < 4.78 is 6.20. The summed E-state index contributed by atoms with van der Waals surface area (Å²) in [5.74, 6) is 0.294. The summed E-state index contributed by atoms with van der Waals surface area (Å²) in [7, 11) is 1.57. The van der Waals surface area contributed by atoms with Gasteiger partial charge in [0.05, 0.1) is 17.8 Å². The van der Waals surface area contributed by atoms with Gasteiger partial charge in [0.25, 0.3) is 5.91 Å². The molecule has 7 heteroatoms. The molecule has 2 aromatic carbocycles. The fraction of sp³-hybridized carbons (Fsp3) is 0.0588. The van der Waals surface area contributed by atoms with Crippen LogP contribution >= 0.6 is 35.2 Å². The van der Waals surface area contributed by atoms with Crippen LogP contribution in [0.25, 0.3) is 10.1 Å². The lowest BCUT2D eigenvalue weighted by Gasteiger charge is -2.12. The minimum atomic E-state index is -0.339. The molecule has 1 heterocycles. The summed E-state index contributed by atoms with van der Waals surface area (Å²) >= 11 is 12.8. The number of carbonyl (C=O) groups excluding carboxylic acids is 1. The number of hydrogen-bond donors (Lipinski definition) is 2. The van der Waals surface area contributed by atoms with Crippen LogP contribution in [-0.2, 0) is 0 Å². The van der Waals surface area contributed by atoms with Crippen molar-refractivity contribution in [1.82, 2.24) is 5.32 Å². The maximum absolute atomic E-state index is 12.4. The molecule has 0 aliphatic carbocycles. The number of fused-ring (bicyclic) bond motifs is 1. The van der Waals surface area contributed by atoms with Crippen molar-refractivity contribution in [2.75, 3.05) is 12.4 Å². The van der Waals surface area contributed by atoms with Crippen molar-refractivity contribution >= 4 is 61.9 Å². The van der Waals surface area contributed by atoms with Gasteiger partial charge in [-0.05, 0) is 30.4 Å². The van der Waals surface area contributed by atoms with Crippen LogP contribution in [0.1, 0.15) is 9.67 Å². The second-order valence-corrected chi connectivity index (χ2v) is 6.69. The Morgan fingerprint density at radius 3 is 2.62 bits per heavy atom. The molecule has 0 saturated heterocycles. The normalized spacial score (nSPS) is 10.4. The van der Waals surface area contributed by atoms with E-state index in [1.807, 2.05) is 42.5 Å². The van der Waals surface area contributed by atoms with Crippen molar-refractivity contribution in [2.24, 2.45) is 0 Å². The number of halogens is 1. The average molecular weight is 377 g/mol. The van der Waals surface area contributed by atoms with Gasteiger partial charge in [0.1, 0.15) is 10.6 Å². The Hall–Kier alpha value is -2.15. The fourth-order valence-electron chi connectivity index (χ4n) is 2.22. The molecule has 3 aromatic rings. The van der Waals surface area contributed by atoms with Crippen molar-refractivity contribution < 1.29 is 9.53 Å². The summed E-state index contributed by atoms with van der Waals surface area (Å²) in [5, 5.41) is 7.08. The molecule has 1 amide bonds. The van der Waals surface area contributed by atoms with E-state index >= 15 is 0 Å². The first-order valence-corrected chi connectivity index (χ1v) is 8.63. The van der Waals surface area contributed by atoms with Gasteiger partial charge in [0.15, 0.2) is 5.11 Å². The number of nitrogens with one attached hydrogen (secondary N) is 2. The highest BCUT2D eigenvalue weighted by Crippen LogP contribution is 2.35. The van der Waals surface area contributed by atoms with Gasteiger partial charge in [0.2, 0.25) is 0 Å². The molecule has 1 aromatic heterocycles. The lowest BCUT2D eigenvalue weighted by Crippen LogP contribution is -2.33. The third kappa shape index (κ3) is 3.36. The Kier molecular flexibility index (Phi) is 4.99. The predicted octanol–water partition coefficient (Wildman–Crippen LogP) is 4.69. The van der Waals surface area contributed by atoms with Gasteiger partial charge in [0, 0.05) is 10.1 Å². The second kappa shape index (κ2) is 7.17. The zero-order valence-corrected chi connectivity index (χ0v) is 15.0. The van der Waals surface area contributed by atoms with E-state index in [4.69, 9.17) is 28.6 Å². The van der Waals surface area contributed by atoms with Crippen LogP contribution in [0.3, 0.4) is 0 Å². The zero-order valence-electron chi connectivity index (χ0n) is 12.6. The molecule has 0 atom stereocenters. The summed E-state index contributed by atoms with van der Waals surface area (Å²) in [4.78, 5) is 12.9. The van der Waals surface area contributed by atoms with Crippen LogP contribution in [0, 0.1) is 0 Å². The number of benzene rings is 2. The highest BCUT2D eigenvalue weighted by atomic mass is 35.5. The number of methoxy groups -OCH3 is 1. The molecule has 0 unspecified atom stereocenters. The molecule has 0 aliphatic rings. The number of para-hydroxylation sites is 2. The van der Waals surface area contributed by atoms with E-state index in [2.05, 4.69) is 10.6 Å². The quantitative estimate of drug-likeness (QED) is 0.651.